The smallest absolute Gasteiger partial charge is 0.282 e. The third kappa shape index (κ3) is 3.53. The fourth-order valence-corrected chi connectivity index (χ4v) is 3.94. The summed E-state index contributed by atoms with van der Waals surface area (Å²) < 4.78 is 24.3. The molecule has 0 fully saturated rings. The van der Waals surface area contributed by atoms with Crippen molar-refractivity contribution in [3.8, 4) is 11.5 Å². The van der Waals surface area contributed by atoms with Crippen LogP contribution in [-0.4, -0.2) is 26.0 Å². The lowest BCUT2D eigenvalue weighted by Crippen LogP contribution is -2.32. The number of halogens is 1. The van der Waals surface area contributed by atoms with E-state index in [0.29, 0.717) is 22.1 Å². The Kier molecular flexibility index (Phi) is 5.24. The van der Waals surface area contributed by atoms with E-state index in [1.807, 2.05) is 5.38 Å². The van der Waals surface area contributed by atoms with Crippen LogP contribution in [0.5, 0.6) is 11.5 Å². The summed E-state index contributed by atoms with van der Waals surface area (Å²) in [5.74, 6) is -0.589. The van der Waals surface area contributed by atoms with Crippen molar-refractivity contribution < 1.29 is 23.5 Å². The molecule has 0 radical (unpaired) electrons. The molecule has 0 saturated heterocycles. The number of carbonyl (C=O) groups excluding carboxylic acids is 2. The summed E-state index contributed by atoms with van der Waals surface area (Å²) >= 11 is 1.33. The van der Waals surface area contributed by atoms with Crippen molar-refractivity contribution in [3.05, 3.63) is 76.4 Å². The number of benzene rings is 2. The van der Waals surface area contributed by atoms with Crippen molar-refractivity contribution in [3.63, 3.8) is 0 Å². The van der Waals surface area contributed by atoms with Crippen LogP contribution in [0.1, 0.15) is 4.88 Å². The summed E-state index contributed by atoms with van der Waals surface area (Å²) in [5, 5.41) is 4.86. The molecule has 30 heavy (non-hydrogen) atoms. The molecule has 1 aliphatic rings. The highest BCUT2D eigenvalue weighted by atomic mass is 32.1. The van der Waals surface area contributed by atoms with E-state index in [1.54, 1.807) is 30.3 Å². The van der Waals surface area contributed by atoms with Crippen LogP contribution in [0.2, 0.25) is 0 Å². The van der Waals surface area contributed by atoms with E-state index in [-0.39, 0.29) is 17.0 Å². The maximum Gasteiger partial charge on any atom is 0.282 e. The number of nitrogens with one attached hydrogen (secondary N) is 1. The number of rotatable bonds is 6. The van der Waals surface area contributed by atoms with Crippen molar-refractivity contribution in [1.82, 2.24) is 0 Å². The van der Waals surface area contributed by atoms with Gasteiger partial charge in [0.25, 0.3) is 11.8 Å². The van der Waals surface area contributed by atoms with Gasteiger partial charge in [0.05, 0.1) is 25.5 Å². The van der Waals surface area contributed by atoms with E-state index in [1.165, 1.54) is 43.8 Å². The predicted molar refractivity (Wildman–Crippen MR) is 113 cm³/mol. The third-order valence-corrected chi connectivity index (χ3v) is 5.43. The van der Waals surface area contributed by atoms with Gasteiger partial charge in [-0.25, -0.2) is 9.29 Å². The number of carbonyl (C=O) groups is 2. The summed E-state index contributed by atoms with van der Waals surface area (Å²) in [4.78, 5) is 28.1. The van der Waals surface area contributed by atoms with Gasteiger partial charge < -0.3 is 14.8 Å². The maximum atomic E-state index is 13.8. The van der Waals surface area contributed by atoms with Crippen molar-refractivity contribution >= 4 is 40.1 Å². The Labute approximate surface area is 176 Å². The van der Waals surface area contributed by atoms with Crippen molar-refractivity contribution in [2.24, 2.45) is 0 Å². The molecule has 6 nitrogen and oxygen atoms in total. The molecule has 2 heterocycles. The monoisotopic (exact) mass is 424 g/mol. The van der Waals surface area contributed by atoms with Crippen LogP contribution < -0.4 is 19.7 Å². The lowest BCUT2D eigenvalue weighted by molar-refractivity contribution is -0.120. The molecule has 3 aromatic rings. The zero-order valence-electron chi connectivity index (χ0n) is 16.1. The van der Waals surface area contributed by atoms with E-state index in [9.17, 15) is 14.0 Å². The lowest BCUT2D eigenvalue weighted by Gasteiger charge is -2.15. The molecular weight excluding hydrogens is 407 g/mol. The number of thiophene rings is 1. The predicted octanol–water partition coefficient (Wildman–Crippen LogP) is 4.30. The molecule has 0 unspecified atom stereocenters. The maximum absolute atomic E-state index is 13.8. The number of amides is 2. The van der Waals surface area contributed by atoms with Gasteiger partial charge >= 0.3 is 0 Å². The second-order valence-electron chi connectivity index (χ2n) is 6.38. The van der Waals surface area contributed by atoms with Crippen molar-refractivity contribution in [1.29, 1.82) is 0 Å². The van der Waals surface area contributed by atoms with Gasteiger partial charge in [-0.15, -0.1) is 11.3 Å². The van der Waals surface area contributed by atoms with Gasteiger partial charge in [0, 0.05) is 28.8 Å². The number of imide groups is 1. The van der Waals surface area contributed by atoms with Crippen LogP contribution in [-0.2, 0) is 9.59 Å². The van der Waals surface area contributed by atoms with E-state index in [0.717, 1.165) is 11.0 Å². The average molecular weight is 424 g/mol. The Bertz CT molecular complexity index is 1140. The number of hydrogen-bond acceptors (Lipinski definition) is 6. The molecule has 0 bridgehead atoms. The highest BCUT2D eigenvalue weighted by molar-refractivity contribution is 7.11. The van der Waals surface area contributed by atoms with Gasteiger partial charge in [-0.05, 0) is 29.6 Å². The van der Waals surface area contributed by atoms with Crippen molar-refractivity contribution in [2.75, 3.05) is 24.4 Å². The minimum atomic E-state index is -0.573. The SMILES string of the molecule is COc1cc(NC2=C(c3cccs3)C(=O)N(c3cccc(F)c3)C2=O)cc(OC)c1. The zero-order valence-corrected chi connectivity index (χ0v) is 17.0. The first-order valence-electron chi connectivity index (χ1n) is 8.94. The summed E-state index contributed by atoms with van der Waals surface area (Å²) in [6, 6.07) is 14.0. The van der Waals surface area contributed by atoms with Crippen LogP contribution >= 0.6 is 11.3 Å². The summed E-state index contributed by atoms with van der Waals surface area (Å²) in [6.07, 6.45) is 0. The van der Waals surface area contributed by atoms with E-state index in [4.69, 9.17) is 9.47 Å². The van der Waals surface area contributed by atoms with Gasteiger partial charge in [0.1, 0.15) is 23.0 Å². The second-order valence-corrected chi connectivity index (χ2v) is 7.33. The molecule has 4 rings (SSSR count). The third-order valence-electron chi connectivity index (χ3n) is 4.54. The molecular formula is C22H17FN2O4S. The Balaban J connectivity index is 1.80. The molecule has 1 aromatic heterocycles. The van der Waals surface area contributed by atoms with Gasteiger partial charge in [-0.2, -0.15) is 0 Å². The standard InChI is InChI=1S/C22H17FN2O4S/c1-28-16-10-14(11-17(12-16)29-2)24-20-19(18-7-4-8-30-18)21(26)25(22(20)27)15-6-3-5-13(23)9-15/h3-12,24H,1-2H3. The first kappa shape index (κ1) is 19.7. The molecule has 0 aliphatic carbocycles. The molecule has 8 heteroatoms. The van der Waals surface area contributed by atoms with Gasteiger partial charge in [0.2, 0.25) is 0 Å². The van der Waals surface area contributed by atoms with Gasteiger partial charge in [0.15, 0.2) is 0 Å². The van der Waals surface area contributed by atoms with Gasteiger partial charge in [-0.1, -0.05) is 12.1 Å². The van der Waals surface area contributed by atoms with Crippen molar-refractivity contribution in [2.45, 2.75) is 0 Å². The van der Waals surface area contributed by atoms with Crippen LogP contribution in [0.4, 0.5) is 15.8 Å². The molecule has 0 spiro atoms. The molecule has 1 aliphatic heterocycles. The first-order valence-corrected chi connectivity index (χ1v) is 9.82. The molecule has 1 N–H and O–H groups in total. The fourth-order valence-electron chi connectivity index (χ4n) is 3.17. The number of nitrogens with zero attached hydrogens (tertiary/aromatic N) is 1. The largest absolute Gasteiger partial charge is 0.497 e. The van der Waals surface area contributed by atoms with E-state index in [2.05, 4.69) is 5.32 Å². The fraction of sp³-hybridized carbons (Fsp3) is 0.0909. The molecule has 2 amide bonds. The minimum absolute atomic E-state index is 0.0991. The topological polar surface area (TPSA) is 67.9 Å². The number of hydrogen-bond donors (Lipinski definition) is 1. The summed E-state index contributed by atoms with van der Waals surface area (Å²) in [5.41, 5.74) is 1.000. The average Bonchev–Trinajstić information content (AvgIpc) is 3.34. The van der Waals surface area contributed by atoms with E-state index < -0.39 is 17.6 Å². The number of anilines is 2. The van der Waals surface area contributed by atoms with Gasteiger partial charge in [-0.3, -0.25) is 9.59 Å². The Morgan fingerprint density at radius 2 is 1.67 bits per heavy atom. The lowest BCUT2D eigenvalue weighted by atomic mass is 10.1. The normalized spacial score (nSPS) is 13.8. The first-order chi connectivity index (χ1) is 14.5. The van der Waals surface area contributed by atoms with Crippen LogP contribution in [0, 0.1) is 5.82 Å². The highest BCUT2D eigenvalue weighted by Crippen LogP contribution is 2.36. The van der Waals surface area contributed by atoms with Crippen LogP contribution in [0.15, 0.2) is 65.7 Å². The summed E-state index contributed by atoms with van der Waals surface area (Å²) in [7, 11) is 3.04. The second kappa shape index (κ2) is 8.00. The minimum Gasteiger partial charge on any atom is -0.497 e. The number of ether oxygens (including phenoxy) is 2. The Hall–Kier alpha value is -3.65. The summed E-state index contributed by atoms with van der Waals surface area (Å²) in [6.45, 7) is 0. The quantitative estimate of drug-likeness (QED) is 0.598. The Morgan fingerprint density at radius 3 is 2.27 bits per heavy atom. The highest BCUT2D eigenvalue weighted by Gasteiger charge is 2.40. The van der Waals surface area contributed by atoms with E-state index >= 15 is 0 Å². The molecule has 152 valence electrons. The number of methoxy groups -OCH3 is 2. The van der Waals surface area contributed by atoms with Crippen LogP contribution in [0.3, 0.4) is 0 Å². The Morgan fingerprint density at radius 1 is 0.933 bits per heavy atom. The molecule has 2 aromatic carbocycles. The van der Waals surface area contributed by atoms with Crippen LogP contribution in [0.25, 0.3) is 5.57 Å². The molecule has 0 atom stereocenters. The molecule has 0 saturated carbocycles. The zero-order chi connectivity index (χ0) is 21.3.